The number of rotatable bonds is 7. The summed E-state index contributed by atoms with van der Waals surface area (Å²) in [6, 6.07) is 3.49. The first-order valence-electron chi connectivity index (χ1n) is 7.24. The molecule has 2 rings (SSSR count). The van der Waals surface area contributed by atoms with Crippen LogP contribution < -0.4 is 14.8 Å². The first-order chi connectivity index (χ1) is 11.0. The van der Waals surface area contributed by atoms with Crippen LogP contribution in [-0.4, -0.2) is 36.5 Å². The molecule has 23 heavy (non-hydrogen) atoms. The Labute approximate surface area is 149 Å². The zero-order valence-corrected chi connectivity index (χ0v) is 15.6. The fourth-order valence-corrected chi connectivity index (χ4v) is 2.84. The Morgan fingerprint density at radius 1 is 1.30 bits per heavy atom. The van der Waals surface area contributed by atoms with Crippen LogP contribution in [0.15, 0.2) is 24.5 Å². The maximum Gasteiger partial charge on any atom is 0.252 e. The van der Waals surface area contributed by atoms with E-state index in [2.05, 4.69) is 33.0 Å². The summed E-state index contributed by atoms with van der Waals surface area (Å²) in [5.41, 5.74) is 1.71. The Bertz CT molecular complexity index is 685. The van der Waals surface area contributed by atoms with E-state index in [4.69, 9.17) is 9.47 Å². The molecule has 0 fully saturated rings. The van der Waals surface area contributed by atoms with Gasteiger partial charge in [0.15, 0.2) is 11.5 Å². The number of carbonyl (C=O) groups is 1. The summed E-state index contributed by atoms with van der Waals surface area (Å²) in [5.74, 6) is 1.04. The molecular weight excluding hydrogens is 409 g/mol. The number of halogens is 1. The van der Waals surface area contributed by atoms with Gasteiger partial charge in [-0.15, -0.1) is 0 Å². The van der Waals surface area contributed by atoms with E-state index in [1.165, 1.54) is 0 Å². The minimum absolute atomic E-state index is 0.119. The van der Waals surface area contributed by atoms with Crippen molar-refractivity contribution in [3.05, 3.63) is 39.2 Å². The van der Waals surface area contributed by atoms with Crippen LogP contribution in [0.3, 0.4) is 0 Å². The average Bonchev–Trinajstić information content (AvgIpc) is 2.96. The first-order valence-corrected chi connectivity index (χ1v) is 8.31. The van der Waals surface area contributed by atoms with E-state index in [0.717, 1.165) is 22.1 Å². The zero-order chi connectivity index (χ0) is 16.8. The molecule has 124 valence electrons. The fraction of sp³-hybridized carbons (Fsp3) is 0.375. The third-order valence-electron chi connectivity index (χ3n) is 3.33. The highest BCUT2D eigenvalue weighted by molar-refractivity contribution is 14.1. The topological polar surface area (TPSA) is 65.4 Å². The van der Waals surface area contributed by atoms with Crippen molar-refractivity contribution in [3.63, 3.8) is 0 Å². The van der Waals surface area contributed by atoms with Crippen LogP contribution in [0.5, 0.6) is 11.5 Å². The van der Waals surface area contributed by atoms with Crippen LogP contribution in [0.25, 0.3) is 0 Å². The molecule has 0 saturated carbocycles. The molecule has 1 aromatic carbocycles. The number of methoxy groups -OCH3 is 2. The Morgan fingerprint density at radius 3 is 2.61 bits per heavy atom. The molecule has 0 radical (unpaired) electrons. The maximum absolute atomic E-state index is 12.3. The summed E-state index contributed by atoms with van der Waals surface area (Å²) in [6.45, 7) is 3.36. The lowest BCUT2D eigenvalue weighted by Crippen LogP contribution is -2.26. The van der Waals surface area contributed by atoms with Gasteiger partial charge in [-0.25, -0.2) is 0 Å². The number of nitrogens with one attached hydrogen (secondary N) is 1. The normalized spacial score (nSPS) is 10.4. The predicted molar refractivity (Wildman–Crippen MR) is 96.2 cm³/mol. The predicted octanol–water partition coefficient (Wildman–Crippen LogP) is 2.63. The molecule has 1 aromatic heterocycles. The highest BCUT2D eigenvalue weighted by Crippen LogP contribution is 2.31. The van der Waals surface area contributed by atoms with Crippen LogP contribution in [-0.2, 0) is 6.54 Å². The summed E-state index contributed by atoms with van der Waals surface area (Å²) >= 11 is 2.12. The second-order valence-electron chi connectivity index (χ2n) is 5.08. The second kappa shape index (κ2) is 8.19. The molecular formula is C16H20IN3O3. The number of carbonyl (C=O) groups excluding carboxylic acids is 1. The molecule has 0 saturated heterocycles. The minimum atomic E-state index is -0.119. The van der Waals surface area contributed by atoms with Gasteiger partial charge in [-0.2, -0.15) is 5.10 Å². The van der Waals surface area contributed by atoms with Gasteiger partial charge in [-0.1, -0.05) is 0 Å². The zero-order valence-electron chi connectivity index (χ0n) is 13.4. The van der Waals surface area contributed by atoms with Gasteiger partial charge >= 0.3 is 0 Å². The summed E-state index contributed by atoms with van der Waals surface area (Å²) in [5, 5.41) is 7.14. The molecule has 1 N–H and O–H groups in total. The first kappa shape index (κ1) is 17.6. The highest BCUT2D eigenvalue weighted by atomic mass is 127. The number of aromatic nitrogens is 2. The monoisotopic (exact) mass is 429 g/mol. The number of aryl methyl sites for hydroxylation is 2. The number of hydrogen-bond acceptors (Lipinski definition) is 4. The molecule has 0 spiro atoms. The fourth-order valence-electron chi connectivity index (χ4n) is 2.16. The van der Waals surface area contributed by atoms with Gasteiger partial charge in [-0.05, 0) is 53.6 Å². The van der Waals surface area contributed by atoms with Crippen molar-refractivity contribution in [3.8, 4) is 11.5 Å². The Hall–Kier alpha value is -1.77. The third kappa shape index (κ3) is 4.60. The van der Waals surface area contributed by atoms with Gasteiger partial charge in [0.2, 0.25) is 0 Å². The highest BCUT2D eigenvalue weighted by Gasteiger charge is 2.15. The Balaban J connectivity index is 1.92. The molecule has 0 aliphatic carbocycles. The van der Waals surface area contributed by atoms with Gasteiger partial charge < -0.3 is 14.8 Å². The number of ether oxygens (including phenoxy) is 2. The van der Waals surface area contributed by atoms with Crippen molar-refractivity contribution >= 4 is 28.5 Å². The molecule has 7 heteroatoms. The molecule has 6 nitrogen and oxygen atoms in total. The van der Waals surface area contributed by atoms with E-state index in [1.54, 1.807) is 26.4 Å². The lowest BCUT2D eigenvalue weighted by atomic mass is 10.2. The molecule has 0 unspecified atom stereocenters. The van der Waals surface area contributed by atoms with Crippen LogP contribution >= 0.6 is 22.6 Å². The average molecular weight is 429 g/mol. The lowest BCUT2D eigenvalue weighted by Gasteiger charge is -2.12. The molecule has 0 atom stereocenters. The summed E-state index contributed by atoms with van der Waals surface area (Å²) in [6.07, 6.45) is 4.63. The van der Waals surface area contributed by atoms with Crippen molar-refractivity contribution in [2.45, 2.75) is 19.9 Å². The molecule has 0 aliphatic rings. The van der Waals surface area contributed by atoms with Gasteiger partial charge in [-0.3, -0.25) is 9.48 Å². The maximum atomic E-state index is 12.3. The van der Waals surface area contributed by atoms with Crippen molar-refractivity contribution in [2.24, 2.45) is 0 Å². The number of nitrogens with zero attached hydrogens (tertiary/aromatic N) is 2. The largest absolute Gasteiger partial charge is 0.493 e. The molecule has 1 heterocycles. The molecule has 2 aromatic rings. The van der Waals surface area contributed by atoms with Crippen LogP contribution in [0.2, 0.25) is 0 Å². The summed E-state index contributed by atoms with van der Waals surface area (Å²) in [4.78, 5) is 12.3. The van der Waals surface area contributed by atoms with Crippen LogP contribution in [0.1, 0.15) is 22.3 Å². The summed E-state index contributed by atoms with van der Waals surface area (Å²) < 4.78 is 13.2. The minimum Gasteiger partial charge on any atom is -0.493 e. The van der Waals surface area contributed by atoms with Crippen LogP contribution in [0, 0.1) is 10.5 Å². The third-order valence-corrected chi connectivity index (χ3v) is 4.22. The Morgan fingerprint density at radius 2 is 2.00 bits per heavy atom. The SMILES string of the molecule is COc1cc(I)c(C(=O)NCCCn2cc(C)cn2)cc1OC. The molecule has 0 aliphatic heterocycles. The number of amides is 1. The van der Waals surface area contributed by atoms with Gasteiger partial charge in [0, 0.05) is 22.9 Å². The van der Waals surface area contributed by atoms with Crippen molar-refractivity contribution in [1.29, 1.82) is 0 Å². The molecule has 0 bridgehead atoms. The summed E-state index contributed by atoms with van der Waals surface area (Å²) in [7, 11) is 3.13. The van der Waals surface area contributed by atoms with Gasteiger partial charge in [0.05, 0.1) is 26.0 Å². The number of hydrogen-bond donors (Lipinski definition) is 1. The van der Waals surface area contributed by atoms with E-state index in [1.807, 2.05) is 24.0 Å². The van der Waals surface area contributed by atoms with Crippen LogP contribution in [0.4, 0.5) is 0 Å². The van der Waals surface area contributed by atoms with E-state index in [-0.39, 0.29) is 5.91 Å². The van der Waals surface area contributed by atoms with Crippen molar-refractivity contribution < 1.29 is 14.3 Å². The van der Waals surface area contributed by atoms with E-state index in [0.29, 0.717) is 23.6 Å². The Kier molecular flexibility index (Phi) is 6.26. The lowest BCUT2D eigenvalue weighted by molar-refractivity contribution is 0.0951. The smallest absolute Gasteiger partial charge is 0.252 e. The van der Waals surface area contributed by atoms with Crippen molar-refractivity contribution in [2.75, 3.05) is 20.8 Å². The van der Waals surface area contributed by atoms with E-state index < -0.39 is 0 Å². The number of benzene rings is 1. The van der Waals surface area contributed by atoms with Gasteiger partial charge in [0.1, 0.15) is 0 Å². The van der Waals surface area contributed by atoms with E-state index >= 15 is 0 Å². The molecule has 1 amide bonds. The van der Waals surface area contributed by atoms with E-state index in [9.17, 15) is 4.79 Å². The van der Waals surface area contributed by atoms with Crippen molar-refractivity contribution in [1.82, 2.24) is 15.1 Å². The second-order valence-corrected chi connectivity index (χ2v) is 6.24. The standard InChI is InChI=1S/C16H20IN3O3/c1-11-9-19-20(10-11)6-4-5-18-16(21)12-7-14(22-2)15(23-3)8-13(12)17/h7-10H,4-6H2,1-3H3,(H,18,21). The van der Waals surface area contributed by atoms with Gasteiger partial charge in [0.25, 0.3) is 5.91 Å². The quantitative estimate of drug-likeness (QED) is 0.543.